The Balaban J connectivity index is 0. The van der Waals surface area contributed by atoms with Crippen molar-refractivity contribution >= 4 is 5.78 Å². The number of hydrogen-bond acceptors (Lipinski definition) is 2. The molecule has 1 aromatic rings. The van der Waals surface area contributed by atoms with Gasteiger partial charge in [0.2, 0.25) is 0 Å². The molecule has 1 aromatic carbocycles. The lowest BCUT2D eigenvalue weighted by molar-refractivity contribution is -0.114. The molecule has 104 valence electrons. The van der Waals surface area contributed by atoms with Gasteiger partial charge in [0.05, 0.1) is 0 Å². The van der Waals surface area contributed by atoms with Gasteiger partial charge in [-0.3, -0.25) is 0 Å². The van der Waals surface area contributed by atoms with Gasteiger partial charge in [-0.15, -0.1) is 0 Å². The largest absolute Gasteiger partial charge is 0.304 e. The monoisotopic (exact) mass is 251 g/mol. The summed E-state index contributed by atoms with van der Waals surface area (Å²) in [5, 5.41) is 0. The molecule has 2 nitrogen and oxygen atoms in total. The summed E-state index contributed by atoms with van der Waals surface area (Å²) in [7, 11) is 0. The Morgan fingerprint density at radius 3 is 1.39 bits per heavy atom. The van der Waals surface area contributed by atoms with Gasteiger partial charge in [0.25, 0.3) is 0 Å². The van der Waals surface area contributed by atoms with Crippen LogP contribution in [0.3, 0.4) is 0 Å². The standard InChI is InChI=1S/C7H8.C6H15N.C3H6O/c1-7-5-3-2-4-6-7;1-4-7(5-2)6-3;1-3(2)4/h2-6H,1H3;4-6H2,1-3H3;1-2H3. The van der Waals surface area contributed by atoms with E-state index in [1.165, 1.54) is 39.0 Å². The minimum atomic E-state index is 0.167. The first-order valence-electron chi connectivity index (χ1n) is 6.68. The maximum atomic E-state index is 9.44. The molecular formula is C16H29NO. The summed E-state index contributed by atoms with van der Waals surface area (Å²) in [5.74, 6) is 0.167. The Morgan fingerprint density at radius 2 is 1.28 bits per heavy atom. The van der Waals surface area contributed by atoms with Crippen LogP contribution in [0.15, 0.2) is 30.3 Å². The van der Waals surface area contributed by atoms with Crippen LogP contribution in [0.4, 0.5) is 0 Å². The molecule has 0 unspecified atom stereocenters. The van der Waals surface area contributed by atoms with Gasteiger partial charge in [-0.2, -0.15) is 0 Å². The minimum absolute atomic E-state index is 0.167. The highest BCUT2D eigenvalue weighted by Crippen LogP contribution is 1.92. The lowest BCUT2D eigenvalue weighted by atomic mass is 10.2. The third-order valence-corrected chi connectivity index (χ3v) is 2.28. The molecule has 18 heavy (non-hydrogen) atoms. The molecule has 0 amide bonds. The van der Waals surface area contributed by atoms with E-state index in [1.54, 1.807) is 0 Å². The molecule has 0 heterocycles. The molecule has 0 saturated heterocycles. The van der Waals surface area contributed by atoms with Crippen molar-refractivity contribution < 1.29 is 4.79 Å². The topological polar surface area (TPSA) is 20.3 Å². The summed E-state index contributed by atoms with van der Waals surface area (Å²) >= 11 is 0. The van der Waals surface area contributed by atoms with Gasteiger partial charge in [0, 0.05) is 0 Å². The van der Waals surface area contributed by atoms with E-state index in [0.29, 0.717) is 0 Å². The molecule has 0 fully saturated rings. The molecule has 1 rings (SSSR count). The predicted octanol–water partition coefficient (Wildman–Crippen LogP) is 3.94. The highest BCUT2D eigenvalue weighted by atomic mass is 16.1. The van der Waals surface area contributed by atoms with Crippen LogP contribution in [0.25, 0.3) is 0 Å². The summed E-state index contributed by atoms with van der Waals surface area (Å²) in [5.41, 5.74) is 1.32. The first-order chi connectivity index (χ1) is 8.47. The second kappa shape index (κ2) is 13.9. The first kappa shape index (κ1) is 19.2. The third kappa shape index (κ3) is 17.3. The summed E-state index contributed by atoms with van der Waals surface area (Å²) in [4.78, 5) is 11.8. The van der Waals surface area contributed by atoms with Crippen molar-refractivity contribution in [2.24, 2.45) is 0 Å². The molecule has 0 aliphatic rings. The number of rotatable bonds is 3. The number of benzene rings is 1. The summed E-state index contributed by atoms with van der Waals surface area (Å²) in [6.07, 6.45) is 0. The van der Waals surface area contributed by atoms with Crippen molar-refractivity contribution in [1.29, 1.82) is 0 Å². The van der Waals surface area contributed by atoms with Crippen LogP contribution in [0.1, 0.15) is 40.2 Å². The average Bonchev–Trinajstić information content (AvgIpc) is 2.32. The Bertz CT molecular complexity index is 269. The predicted molar refractivity (Wildman–Crippen MR) is 81.0 cm³/mol. The smallest absolute Gasteiger partial charge is 0.126 e. The molecule has 0 radical (unpaired) electrons. The van der Waals surface area contributed by atoms with Gasteiger partial charge in [-0.1, -0.05) is 56.7 Å². The lowest BCUT2D eigenvalue weighted by Gasteiger charge is -2.13. The second-order valence-electron chi connectivity index (χ2n) is 4.18. The molecule has 0 aromatic heterocycles. The number of carbonyl (C=O) groups is 1. The highest BCUT2D eigenvalue weighted by molar-refractivity contribution is 5.72. The number of Topliss-reactive ketones (excluding diaryl/α,β-unsaturated/α-hetero) is 1. The van der Waals surface area contributed by atoms with Crippen molar-refractivity contribution in [3.8, 4) is 0 Å². The Morgan fingerprint density at radius 1 is 0.944 bits per heavy atom. The zero-order valence-corrected chi connectivity index (χ0v) is 12.9. The van der Waals surface area contributed by atoms with Crippen LogP contribution in [-0.4, -0.2) is 30.3 Å². The van der Waals surface area contributed by atoms with Crippen molar-refractivity contribution in [2.75, 3.05) is 19.6 Å². The van der Waals surface area contributed by atoms with Gasteiger partial charge in [-0.25, -0.2) is 0 Å². The molecule has 2 heteroatoms. The molecule has 0 bridgehead atoms. The van der Waals surface area contributed by atoms with Crippen molar-refractivity contribution in [3.63, 3.8) is 0 Å². The summed E-state index contributed by atoms with van der Waals surface area (Å²) in [6.45, 7) is 15.3. The second-order valence-corrected chi connectivity index (χ2v) is 4.18. The van der Waals surface area contributed by atoms with Crippen LogP contribution >= 0.6 is 0 Å². The van der Waals surface area contributed by atoms with E-state index in [0.717, 1.165) is 0 Å². The SMILES string of the molecule is CC(C)=O.CCN(CC)CC.Cc1ccccc1. The fourth-order valence-corrected chi connectivity index (χ4v) is 1.21. The fraction of sp³-hybridized carbons (Fsp3) is 0.562. The van der Waals surface area contributed by atoms with Crippen LogP contribution in [0.2, 0.25) is 0 Å². The van der Waals surface area contributed by atoms with Gasteiger partial charge < -0.3 is 9.69 Å². The van der Waals surface area contributed by atoms with E-state index in [4.69, 9.17) is 0 Å². The van der Waals surface area contributed by atoms with Crippen LogP contribution in [0, 0.1) is 6.92 Å². The number of ketones is 1. The van der Waals surface area contributed by atoms with E-state index >= 15 is 0 Å². The number of aryl methyl sites for hydroxylation is 1. The zero-order chi connectivity index (χ0) is 14.4. The van der Waals surface area contributed by atoms with E-state index in [9.17, 15) is 4.79 Å². The molecule has 0 aliphatic carbocycles. The van der Waals surface area contributed by atoms with Gasteiger partial charge >= 0.3 is 0 Å². The van der Waals surface area contributed by atoms with E-state index in [2.05, 4.69) is 44.7 Å². The van der Waals surface area contributed by atoms with Crippen molar-refractivity contribution in [2.45, 2.75) is 41.5 Å². The van der Waals surface area contributed by atoms with Gasteiger partial charge in [0.15, 0.2) is 0 Å². The van der Waals surface area contributed by atoms with Crippen LogP contribution in [0.5, 0.6) is 0 Å². The Hall–Kier alpha value is -1.15. The quantitative estimate of drug-likeness (QED) is 0.811. The fourth-order valence-electron chi connectivity index (χ4n) is 1.21. The summed E-state index contributed by atoms with van der Waals surface area (Å²) < 4.78 is 0. The number of carbonyl (C=O) groups excluding carboxylic acids is 1. The average molecular weight is 251 g/mol. The van der Waals surface area contributed by atoms with E-state index < -0.39 is 0 Å². The minimum Gasteiger partial charge on any atom is -0.304 e. The molecule has 0 atom stereocenters. The Labute approximate surface area is 113 Å². The molecule has 0 N–H and O–H groups in total. The lowest BCUT2D eigenvalue weighted by Crippen LogP contribution is -2.21. The van der Waals surface area contributed by atoms with Crippen LogP contribution < -0.4 is 0 Å². The highest BCUT2D eigenvalue weighted by Gasteiger charge is 1.89. The molecule has 0 saturated carbocycles. The summed E-state index contributed by atoms with van der Waals surface area (Å²) in [6, 6.07) is 10.3. The molecule has 0 spiro atoms. The zero-order valence-electron chi connectivity index (χ0n) is 12.9. The van der Waals surface area contributed by atoms with Gasteiger partial charge in [-0.05, 0) is 40.4 Å². The number of nitrogens with zero attached hydrogens (tertiary/aromatic N) is 1. The van der Waals surface area contributed by atoms with E-state index in [-0.39, 0.29) is 5.78 Å². The van der Waals surface area contributed by atoms with Crippen molar-refractivity contribution in [3.05, 3.63) is 35.9 Å². The van der Waals surface area contributed by atoms with Gasteiger partial charge in [0.1, 0.15) is 5.78 Å². The van der Waals surface area contributed by atoms with E-state index in [1.807, 2.05) is 18.2 Å². The third-order valence-electron chi connectivity index (χ3n) is 2.28. The van der Waals surface area contributed by atoms with Crippen LogP contribution in [-0.2, 0) is 4.79 Å². The normalized spacial score (nSPS) is 8.83. The first-order valence-corrected chi connectivity index (χ1v) is 6.68. The molecular weight excluding hydrogens is 222 g/mol. The number of hydrogen-bond donors (Lipinski definition) is 0. The van der Waals surface area contributed by atoms with Crippen molar-refractivity contribution in [1.82, 2.24) is 4.90 Å². The maximum Gasteiger partial charge on any atom is 0.126 e. The molecule has 0 aliphatic heterocycles. The maximum absolute atomic E-state index is 9.44. The Kier molecular flexibility index (Phi) is 14.8.